The first-order valence-corrected chi connectivity index (χ1v) is 12.7. The number of rotatable bonds is 5. The first-order valence-electron chi connectivity index (χ1n) is 10.5. The van der Waals surface area contributed by atoms with Gasteiger partial charge in [-0.05, 0) is 49.2 Å². The van der Waals surface area contributed by atoms with Crippen molar-refractivity contribution in [3.63, 3.8) is 0 Å². The molecule has 0 radical (unpaired) electrons. The Morgan fingerprint density at radius 3 is 2.44 bits per heavy atom. The predicted molar refractivity (Wildman–Crippen MR) is 126 cm³/mol. The van der Waals surface area contributed by atoms with Gasteiger partial charge >= 0.3 is 0 Å². The number of amides is 1. The van der Waals surface area contributed by atoms with E-state index in [-0.39, 0.29) is 34.8 Å². The SMILES string of the molecule is O=C(Nc1cccc(N2CCOCC2)c1)C1CCN(S(=O)(=O)c2cc(Cl)ccc2Cl)CC1. The standard InChI is InChI=1S/C22H25Cl2N3O4S/c23-17-4-5-20(24)21(14-17)32(29,30)27-8-6-16(7-9-27)22(28)25-18-2-1-3-19(15-18)26-10-12-31-13-11-26/h1-5,14-16H,6-13H2,(H,25,28). The van der Waals surface area contributed by atoms with E-state index in [0.717, 1.165) is 24.5 Å². The molecule has 2 aromatic rings. The molecule has 4 rings (SSSR count). The maximum atomic E-state index is 13.0. The molecule has 0 saturated carbocycles. The lowest BCUT2D eigenvalue weighted by molar-refractivity contribution is -0.120. The Morgan fingerprint density at radius 1 is 1.00 bits per heavy atom. The number of sulfonamides is 1. The van der Waals surface area contributed by atoms with Gasteiger partial charge in [-0.3, -0.25) is 4.79 Å². The van der Waals surface area contributed by atoms with Gasteiger partial charge in [0, 0.05) is 48.5 Å². The highest BCUT2D eigenvalue weighted by Gasteiger charge is 2.33. The van der Waals surface area contributed by atoms with Crippen LogP contribution in [0.25, 0.3) is 0 Å². The van der Waals surface area contributed by atoms with E-state index < -0.39 is 10.0 Å². The fraction of sp³-hybridized carbons (Fsp3) is 0.409. The molecule has 0 atom stereocenters. The number of nitrogens with one attached hydrogen (secondary N) is 1. The maximum Gasteiger partial charge on any atom is 0.244 e. The minimum absolute atomic E-state index is 0.00510. The van der Waals surface area contributed by atoms with E-state index in [2.05, 4.69) is 10.2 Å². The highest BCUT2D eigenvalue weighted by atomic mass is 35.5. The van der Waals surface area contributed by atoms with Crippen molar-refractivity contribution >= 4 is 50.5 Å². The van der Waals surface area contributed by atoms with Crippen LogP contribution in [0.5, 0.6) is 0 Å². The van der Waals surface area contributed by atoms with Crippen molar-refractivity contribution in [2.24, 2.45) is 5.92 Å². The molecule has 2 heterocycles. The fourth-order valence-electron chi connectivity index (χ4n) is 4.02. The number of anilines is 2. The third-order valence-electron chi connectivity index (χ3n) is 5.83. The normalized spacial score (nSPS) is 18.5. The zero-order valence-electron chi connectivity index (χ0n) is 17.5. The third kappa shape index (κ3) is 5.21. The number of hydrogen-bond acceptors (Lipinski definition) is 5. The molecule has 2 aliphatic heterocycles. The Kier molecular flexibility index (Phi) is 7.27. The molecular weight excluding hydrogens is 473 g/mol. The van der Waals surface area contributed by atoms with Crippen LogP contribution in [0, 0.1) is 5.92 Å². The van der Waals surface area contributed by atoms with E-state index in [9.17, 15) is 13.2 Å². The highest BCUT2D eigenvalue weighted by Crippen LogP contribution is 2.31. The van der Waals surface area contributed by atoms with Gasteiger partial charge in [0.2, 0.25) is 15.9 Å². The summed E-state index contributed by atoms with van der Waals surface area (Å²) < 4.78 is 32.7. The van der Waals surface area contributed by atoms with E-state index >= 15 is 0 Å². The number of morpholine rings is 1. The second-order valence-electron chi connectivity index (χ2n) is 7.89. The van der Waals surface area contributed by atoms with Gasteiger partial charge in [-0.15, -0.1) is 0 Å². The molecule has 1 N–H and O–H groups in total. The summed E-state index contributed by atoms with van der Waals surface area (Å²) in [5.74, 6) is -0.356. The van der Waals surface area contributed by atoms with Crippen LogP contribution in [0.3, 0.4) is 0 Å². The molecule has 0 bridgehead atoms. The molecule has 2 aromatic carbocycles. The number of benzene rings is 2. The van der Waals surface area contributed by atoms with Gasteiger partial charge in [0.1, 0.15) is 4.90 Å². The van der Waals surface area contributed by atoms with Crippen LogP contribution in [0.1, 0.15) is 12.8 Å². The second kappa shape index (κ2) is 9.97. The average Bonchev–Trinajstić information content (AvgIpc) is 2.81. The van der Waals surface area contributed by atoms with Crippen LogP contribution >= 0.6 is 23.2 Å². The zero-order chi connectivity index (χ0) is 22.7. The number of ether oxygens (including phenoxy) is 1. The van der Waals surface area contributed by atoms with Crippen LogP contribution in [0.2, 0.25) is 10.0 Å². The molecule has 10 heteroatoms. The number of piperidine rings is 1. The van der Waals surface area contributed by atoms with Crippen molar-refractivity contribution in [3.8, 4) is 0 Å². The van der Waals surface area contributed by atoms with Crippen LogP contribution in [0.4, 0.5) is 11.4 Å². The number of carbonyl (C=O) groups is 1. The summed E-state index contributed by atoms with van der Waals surface area (Å²) in [7, 11) is -3.77. The lowest BCUT2D eigenvalue weighted by atomic mass is 9.97. The summed E-state index contributed by atoms with van der Waals surface area (Å²) in [5.41, 5.74) is 1.78. The Balaban J connectivity index is 1.37. The average molecular weight is 498 g/mol. The molecule has 32 heavy (non-hydrogen) atoms. The van der Waals surface area contributed by atoms with Crippen molar-refractivity contribution in [1.82, 2.24) is 4.31 Å². The van der Waals surface area contributed by atoms with Crippen molar-refractivity contribution in [2.75, 3.05) is 49.6 Å². The number of halogens is 2. The summed E-state index contributed by atoms with van der Waals surface area (Å²) >= 11 is 12.1. The van der Waals surface area contributed by atoms with Crippen molar-refractivity contribution in [2.45, 2.75) is 17.7 Å². The molecule has 2 saturated heterocycles. The van der Waals surface area contributed by atoms with Gasteiger partial charge in [0.15, 0.2) is 0 Å². The molecule has 2 fully saturated rings. The number of carbonyl (C=O) groups excluding carboxylic acids is 1. The molecule has 1 amide bonds. The molecular formula is C22H25Cl2N3O4S. The topological polar surface area (TPSA) is 79.0 Å². The smallest absolute Gasteiger partial charge is 0.244 e. The Labute approximate surface area is 198 Å². The monoisotopic (exact) mass is 497 g/mol. The van der Waals surface area contributed by atoms with Crippen molar-refractivity contribution in [3.05, 3.63) is 52.5 Å². The summed E-state index contributed by atoms with van der Waals surface area (Å²) in [4.78, 5) is 15.0. The van der Waals surface area contributed by atoms with Crippen LogP contribution < -0.4 is 10.2 Å². The first-order chi connectivity index (χ1) is 15.3. The summed E-state index contributed by atoms with van der Waals surface area (Å²) in [5, 5.41) is 3.43. The van der Waals surface area contributed by atoms with Gasteiger partial charge in [-0.2, -0.15) is 4.31 Å². The van der Waals surface area contributed by atoms with Gasteiger partial charge in [-0.25, -0.2) is 8.42 Å². The zero-order valence-corrected chi connectivity index (χ0v) is 19.8. The number of nitrogens with zero attached hydrogens (tertiary/aromatic N) is 2. The van der Waals surface area contributed by atoms with Crippen molar-refractivity contribution in [1.29, 1.82) is 0 Å². The second-order valence-corrected chi connectivity index (χ2v) is 10.6. The van der Waals surface area contributed by atoms with Crippen LogP contribution in [0.15, 0.2) is 47.4 Å². The minimum Gasteiger partial charge on any atom is -0.378 e. The van der Waals surface area contributed by atoms with E-state index in [1.54, 1.807) is 6.07 Å². The predicted octanol–water partition coefficient (Wildman–Crippen LogP) is 3.87. The molecule has 0 unspecified atom stereocenters. The van der Waals surface area contributed by atoms with E-state index in [1.807, 2.05) is 24.3 Å². The van der Waals surface area contributed by atoms with Crippen molar-refractivity contribution < 1.29 is 17.9 Å². The first kappa shape index (κ1) is 23.3. The van der Waals surface area contributed by atoms with E-state index in [0.29, 0.717) is 31.1 Å². The van der Waals surface area contributed by atoms with Gasteiger partial charge in [0.25, 0.3) is 0 Å². The summed E-state index contributed by atoms with van der Waals surface area (Å²) in [6.07, 6.45) is 0.874. The quantitative estimate of drug-likeness (QED) is 0.678. The lowest BCUT2D eigenvalue weighted by Crippen LogP contribution is -2.41. The molecule has 0 aromatic heterocycles. The Morgan fingerprint density at radius 2 is 1.72 bits per heavy atom. The molecule has 0 spiro atoms. The molecule has 0 aliphatic carbocycles. The summed E-state index contributed by atoms with van der Waals surface area (Å²) in [6.45, 7) is 3.52. The molecule has 172 valence electrons. The minimum atomic E-state index is -3.77. The lowest BCUT2D eigenvalue weighted by Gasteiger charge is -2.31. The molecule has 2 aliphatic rings. The van der Waals surface area contributed by atoms with E-state index in [4.69, 9.17) is 27.9 Å². The van der Waals surface area contributed by atoms with Gasteiger partial charge in [-0.1, -0.05) is 29.3 Å². The fourth-order valence-corrected chi connectivity index (χ4v) is 6.23. The third-order valence-corrected chi connectivity index (χ3v) is 8.44. The van der Waals surface area contributed by atoms with Crippen LogP contribution in [-0.2, 0) is 19.6 Å². The molecule has 7 nitrogen and oxygen atoms in total. The maximum absolute atomic E-state index is 13.0. The van der Waals surface area contributed by atoms with Crippen LogP contribution in [-0.4, -0.2) is 58.0 Å². The van der Waals surface area contributed by atoms with Gasteiger partial charge in [0.05, 0.1) is 18.2 Å². The van der Waals surface area contributed by atoms with Gasteiger partial charge < -0.3 is 15.0 Å². The Bertz CT molecular complexity index is 1080. The number of hydrogen-bond donors (Lipinski definition) is 1. The highest BCUT2D eigenvalue weighted by molar-refractivity contribution is 7.89. The van der Waals surface area contributed by atoms with E-state index in [1.165, 1.54) is 16.4 Å². The Hall–Kier alpha value is -1.84. The summed E-state index contributed by atoms with van der Waals surface area (Å²) in [6, 6.07) is 12.1. The largest absolute Gasteiger partial charge is 0.378 e.